The fourth-order valence-electron chi connectivity index (χ4n) is 4.01. The van der Waals surface area contributed by atoms with Gasteiger partial charge >= 0.3 is 0 Å². The molecule has 1 fully saturated rings. The standard InChI is InChI=1S/C24H26N2O5S/c1-4-13-26-14-11-24(12-15-26,23(27)25-28)22(32(29)30)19-6-9-20(10-7-19)31-21-8-5-17(2)18(3)16-21/h1,5-10,16,28H,11-15H2,2-3H3,(H,25,27). The number of hydrogen-bond donors (Lipinski definition) is 2. The van der Waals surface area contributed by atoms with Gasteiger partial charge in [0.2, 0.25) is 10.3 Å². The predicted octanol–water partition coefficient (Wildman–Crippen LogP) is 2.72. The third kappa shape index (κ3) is 4.86. The van der Waals surface area contributed by atoms with E-state index in [1.165, 1.54) is 0 Å². The summed E-state index contributed by atoms with van der Waals surface area (Å²) in [7, 11) is -2.68. The summed E-state index contributed by atoms with van der Waals surface area (Å²) in [5, 5.41) is 9.37. The van der Waals surface area contributed by atoms with Gasteiger partial charge in [-0.2, -0.15) is 8.42 Å². The summed E-state index contributed by atoms with van der Waals surface area (Å²) in [5.41, 5.74) is 2.91. The lowest BCUT2D eigenvalue weighted by Gasteiger charge is -2.39. The van der Waals surface area contributed by atoms with Gasteiger partial charge in [-0.05, 0) is 79.8 Å². The number of hydrogen-bond acceptors (Lipinski definition) is 6. The second-order valence-corrected chi connectivity index (χ2v) is 8.82. The van der Waals surface area contributed by atoms with Crippen molar-refractivity contribution >= 4 is 21.1 Å². The first-order chi connectivity index (χ1) is 15.3. The minimum absolute atomic E-state index is 0.0536. The summed E-state index contributed by atoms with van der Waals surface area (Å²) >= 11 is 0. The first kappa shape index (κ1) is 23.5. The summed E-state index contributed by atoms with van der Waals surface area (Å²) in [6.07, 6.45) is 5.80. The van der Waals surface area contributed by atoms with Crippen molar-refractivity contribution in [3.05, 3.63) is 59.2 Å². The Labute approximate surface area is 189 Å². The van der Waals surface area contributed by atoms with Gasteiger partial charge in [-0.15, -0.1) is 6.42 Å². The van der Waals surface area contributed by atoms with Crippen LogP contribution in [0.4, 0.5) is 0 Å². The number of hydroxylamine groups is 1. The molecule has 0 aliphatic carbocycles. The zero-order chi connectivity index (χ0) is 23.3. The largest absolute Gasteiger partial charge is 0.457 e. The van der Waals surface area contributed by atoms with Gasteiger partial charge in [0.25, 0.3) is 5.91 Å². The zero-order valence-corrected chi connectivity index (χ0v) is 18.9. The minimum atomic E-state index is -2.68. The van der Waals surface area contributed by atoms with Crippen LogP contribution in [0.25, 0.3) is 0 Å². The Kier molecular flexibility index (Phi) is 7.36. The van der Waals surface area contributed by atoms with E-state index in [0.717, 1.165) is 11.1 Å². The highest BCUT2D eigenvalue weighted by Gasteiger charge is 2.47. The molecule has 1 heterocycles. The molecular formula is C24H26N2O5S. The second-order valence-electron chi connectivity index (χ2n) is 7.94. The third-order valence-corrected chi connectivity index (χ3v) is 6.95. The lowest BCUT2D eigenvalue weighted by molar-refractivity contribution is -0.138. The smallest absolute Gasteiger partial charge is 0.255 e. The number of piperidine rings is 1. The number of carbonyl (C=O) groups excluding carboxylic acids is 1. The van der Waals surface area contributed by atoms with Crippen LogP contribution in [0.15, 0.2) is 42.5 Å². The van der Waals surface area contributed by atoms with Crippen LogP contribution in [0, 0.1) is 31.6 Å². The lowest BCUT2D eigenvalue weighted by atomic mass is 9.73. The van der Waals surface area contributed by atoms with Crippen LogP contribution in [-0.4, -0.2) is 48.9 Å². The highest BCUT2D eigenvalue weighted by Crippen LogP contribution is 2.36. The molecule has 0 bridgehead atoms. The van der Waals surface area contributed by atoms with Crippen LogP contribution >= 0.6 is 0 Å². The Balaban J connectivity index is 1.92. The molecule has 168 valence electrons. The highest BCUT2D eigenvalue weighted by molar-refractivity contribution is 7.73. The van der Waals surface area contributed by atoms with E-state index in [1.807, 2.05) is 36.9 Å². The van der Waals surface area contributed by atoms with Crippen LogP contribution in [0.1, 0.15) is 29.5 Å². The molecule has 0 aromatic heterocycles. The van der Waals surface area contributed by atoms with Crippen LogP contribution < -0.4 is 10.2 Å². The maximum atomic E-state index is 12.7. The van der Waals surface area contributed by atoms with Gasteiger partial charge in [0.05, 0.1) is 16.8 Å². The molecule has 0 spiro atoms. The van der Waals surface area contributed by atoms with Crippen molar-refractivity contribution in [1.82, 2.24) is 10.4 Å². The van der Waals surface area contributed by atoms with Gasteiger partial charge in [-0.1, -0.05) is 12.0 Å². The summed E-state index contributed by atoms with van der Waals surface area (Å²) in [6, 6.07) is 12.3. The van der Waals surface area contributed by atoms with Crippen molar-refractivity contribution < 1.29 is 23.2 Å². The molecule has 2 aromatic rings. The van der Waals surface area contributed by atoms with Gasteiger partial charge in [-0.25, -0.2) is 5.48 Å². The average molecular weight is 455 g/mol. The van der Waals surface area contributed by atoms with E-state index in [4.69, 9.17) is 11.2 Å². The van der Waals surface area contributed by atoms with Crippen LogP contribution in [0.3, 0.4) is 0 Å². The van der Waals surface area contributed by atoms with Crippen molar-refractivity contribution in [2.75, 3.05) is 19.6 Å². The normalized spacial score (nSPS) is 15.4. The average Bonchev–Trinajstić information content (AvgIpc) is 2.78. The number of aryl methyl sites for hydroxylation is 2. The van der Waals surface area contributed by atoms with Crippen LogP contribution in [0.2, 0.25) is 0 Å². The summed E-state index contributed by atoms with van der Waals surface area (Å²) in [4.78, 5) is 14.6. The Morgan fingerprint density at radius 1 is 1.12 bits per heavy atom. The molecule has 1 aliphatic heterocycles. The van der Waals surface area contributed by atoms with Gasteiger partial charge < -0.3 is 4.74 Å². The molecule has 1 amide bonds. The van der Waals surface area contributed by atoms with E-state index in [9.17, 15) is 18.4 Å². The number of benzene rings is 2. The molecule has 7 nitrogen and oxygen atoms in total. The molecule has 8 heteroatoms. The van der Waals surface area contributed by atoms with Gasteiger partial charge in [0, 0.05) is 13.1 Å². The zero-order valence-electron chi connectivity index (χ0n) is 18.1. The first-order valence-electron chi connectivity index (χ1n) is 10.2. The molecule has 1 aliphatic rings. The number of nitrogens with one attached hydrogen (secondary N) is 1. The lowest BCUT2D eigenvalue weighted by Crippen LogP contribution is -2.53. The summed E-state index contributed by atoms with van der Waals surface area (Å²) in [6.45, 7) is 5.30. The Hall–Kier alpha value is -3.12. The van der Waals surface area contributed by atoms with E-state index in [0.29, 0.717) is 36.7 Å². The summed E-state index contributed by atoms with van der Waals surface area (Å²) in [5.74, 6) is 3.03. The third-order valence-electron chi connectivity index (χ3n) is 5.99. The first-order valence-corrected chi connectivity index (χ1v) is 11.3. The Morgan fingerprint density at radius 3 is 2.28 bits per heavy atom. The number of terminal acetylenes is 1. The van der Waals surface area contributed by atoms with Crippen molar-refractivity contribution in [1.29, 1.82) is 0 Å². The van der Waals surface area contributed by atoms with E-state index in [-0.39, 0.29) is 17.7 Å². The van der Waals surface area contributed by atoms with Gasteiger partial charge in [0.15, 0.2) is 0 Å². The van der Waals surface area contributed by atoms with E-state index in [1.54, 1.807) is 29.7 Å². The number of nitrogens with zero attached hydrogens (tertiary/aromatic N) is 1. The number of carbonyl (C=O) groups is 1. The monoisotopic (exact) mass is 454 g/mol. The number of amides is 1. The predicted molar refractivity (Wildman–Crippen MR) is 122 cm³/mol. The maximum Gasteiger partial charge on any atom is 0.255 e. The quantitative estimate of drug-likeness (QED) is 0.229. The number of rotatable bonds is 6. The Morgan fingerprint density at radius 2 is 1.75 bits per heavy atom. The fraction of sp³-hybridized carbons (Fsp3) is 0.333. The molecule has 0 saturated carbocycles. The van der Waals surface area contributed by atoms with Gasteiger partial charge in [0.1, 0.15) is 11.5 Å². The Bertz CT molecular complexity index is 1160. The summed E-state index contributed by atoms with van der Waals surface area (Å²) < 4.78 is 30.5. The van der Waals surface area contributed by atoms with E-state index < -0.39 is 21.6 Å². The number of likely N-dealkylation sites (tertiary alicyclic amines) is 1. The topological polar surface area (TPSA) is 95.9 Å². The molecule has 2 N–H and O–H groups in total. The number of ether oxygens (including phenoxy) is 1. The molecule has 0 atom stereocenters. The minimum Gasteiger partial charge on any atom is -0.457 e. The van der Waals surface area contributed by atoms with Crippen molar-refractivity contribution in [2.45, 2.75) is 26.7 Å². The molecule has 32 heavy (non-hydrogen) atoms. The molecule has 0 radical (unpaired) electrons. The second kappa shape index (κ2) is 10.0. The van der Waals surface area contributed by atoms with Crippen molar-refractivity contribution in [2.24, 2.45) is 5.41 Å². The highest BCUT2D eigenvalue weighted by atomic mass is 32.2. The van der Waals surface area contributed by atoms with Crippen molar-refractivity contribution in [3.63, 3.8) is 0 Å². The molecule has 0 unspecified atom stereocenters. The van der Waals surface area contributed by atoms with Gasteiger partial charge in [-0.3, -0.25) is 14.9 Å². The maximum absolute atomic E-state index is 12.7. The molecule has 2 aromatic carbocycles. The van der Waals surface area contributed by atoms with Crippen molar-refractivity contribution in [3.8, 4) is 23.8 Å². The van der Waals surface area contributed by atoms with Crippen LogP contribution in [-0.2, 0) is 15.1 Å². The van der Waals surface area contributed by atoms with E-state index in [2.05, 4.69) is 5.92 Å². The van der Waals surface area contributed by atoms with E-state index >= 15 is 0 Å². The molecule has 1 saturated heterocycles. The molecule has 3 rings (SSSR count). The SMILES string of the molecule is C#CCN1CCC(C(=O)NO)(C(c2ccc(Oc3ccc(C)c(C)c3)cc2)=S(=O)=O)CC1. The van der Waals surface area contributed by atoms with Crippen LogP contribution in [0.5, 0.6) is 11.5 Å². The molecular weight excluding hydrogens is 428 g/mol. The fourth-order valence-corrected chi connectivity index (χ4v) is 4.95.